The van der Waals surface area contributed by atoms with Crippen molar-refractivity contribution < 1.29 is 14.0 Å². The summed E-state index contributed by atoms with van der Waals surface area (Å²) < 4.78 is 13.3. The topological polar surface area (TPSA) is 59.1 Å². The van der Waals surface area contributed by atoms with Crippen molar-refractivity contribution in [2.24, 2.45) is 23.2 Å². The normalized spacial score (nSPS) is 30.3. The van der Waals surface area contributed by atoms with Crippen LogP contribution in [0.2, 0.25) is 5.02 Å². The first-order valence-corrected chi connectivity index (χ1v) is 12.5. The number of halogens is 2. The number of aromatic nitrogens is 1. The van der Waals surface area contributed by atoms with Gasteiger partial charge in [-0.2, -0.15) is 0 Å². The van der Waals surface area contributed by atoms with Crippen LogP contribution in [-0.4, -0.2) is 16.7 Å². The molecule has 0 spiro atoms. The van der Waals surface area contributed by atoms with E-state index in [2.05, 4.69) is 29.4 Å². The fourth-order valence-corrected chi connectivity index (χ4v) is 7.27. The van der Waals surface area contributed by atoms with Crippen LogP contribution >= 0.6 is 11.6 Å². The number of rotatable bonds is 5. The smallest absolute Gasteiger partial charge is 0.225 e. The van der Waals surface area contributed by atoms with Crippen LogP contribution in [0.4, 0.5) is 10.2 Å². The van der Waals surface area contributed by atoms with Crippen LogP contribution in [0.3, 0.4) is 0 Å². The van der Waals surface area contributed by atoms with E-state index in [1.165, 1.54) is 29.5 Å². The number of carbonyl (C=O) groups excluding carboxylic acids is 2. The van der Waals surface area contributed by atoms with E-state index in [1.807, 2.05) is 6.07 Å². The zero-order valence-corrected chi connectivity index (χ0v) is 19.7. The van der Waals surface area contributed by atoms with Crippen molar-refractivity contribution in [1.82, 2.24) is 4.98 Å². The van der Waals surface area contributed by atoms with Gasteiger partial charge in [0, 0.05) is 35.5 Å². The first-order valence-electron chi connectivity index (χ1n) is 12.1. The lowest BCUT2D eigenvalue weighted by atomic mass is 9.54. The Labute approximate surface area is 199 Å². The number of fused-ring (bicyclic) bond motifs is 5. The highest BCUT2D eigenvalue weighted by Crippen LogP contribution is 2.62. The number of carbonyl (C=O) groups is 2. The number of nitrogens with zero attached hydrogens (tertiary/aromatic N) is 1. The zero-order valence-electron chi connectivity index (χ0n) is 18.9. The molecule has 174 valence electrons. The maximum Gasteiger partial charge on any atom is 0.225 e. The van der Waals surface area contributed by atoms with E-state index in [0.29, 0.717) is 42.3 Å². The summed E-state index contributed by atoms with van der Waals surface area (Å²) in [7, 11) is 0. The number of anilines is 1. The summed E-state index contributed by atoms with van der Waals surface area (Å²) in [5.41, 5.74) is 2.57. The summed E-state index contributed by atoms with van der Waals surface area (Å²) >= 11 is 6.25. The molecule has 5 rings (SSSR count). The third kappa shape index (κ3) is 4.21. The minimum atomic E-state index is -0.424. The molecule has 3 aliphatic rings. The van der Waals surface area contributed by atoms with Crippen molar-refractivity contribution >= 4 is 29.1 Å². The maximum absolute atomic E-state index is 13.3. The number of aryl methyl sites for hydroxylation is 1. The van der Waals surface area contributed by atoms with Gasteiger partial charge in [-0.1, -0.05) is 24.6 Å². The fraction of sp³-hybridized carbons (Fsp3) is 0.519. The Bertz CT molecular complexity index is 1090. The molecule has 0 bridgehead atoms. The molecule has 6 heteroatoms. The molecule has 1 N–H and O–H groups in total. The number of hydrogen-bond donors (Lipinski definition) is 1. The molecule has 33 heavy (non-hydrogen) atoms. The lowest BCUT2D eigenvalue weighted by Gasteiger charge is -2.50. The third-order valence-corrected chi connectivity index (χ3v) is 8.74. The van der Waals surface area contributed by atoms with Gasteiger partial charge in [0.2, 0.25) is 5.91 Å². The van der Waals surface area contributed by atoms with Crippen molar-refractivity contribution in [3.63, 3.8) is 0 Å². The number of hydrogen-bond acceptors (Lipinski definition) is 3. The van der Waals surface area contributed by atoms with Gasteiger partial charge in [0.1, 0.15) is 17.4 Å². The lowest BCUT2D eigenvalue weighted by Crippen LogP contribution is -2.44. The van der Waals surface area contributed by atoms with Crippen molar-refractivity contribution in [3.05, 3.63) is 58.5 Å². The highest BCUT2D eigenvalue weighted by Gasteiger charge is 2.58. The van der Waals surface area contributed by atoms with Crippen molar-refractivity contribution in [1.29, 1.82) is 0 Å². The molecule has 2 aromatic rings. The second-order valence-electron chi connectivity index (χ2n) is 10.3. The first-order chi connectivity index (χ1) is 15.8. The standard InChI is InChI=1S/C27H30ClFN2O2/c1-27-11-9-21-20-8-6-18(28)13-16(20)5-7-22(21)26(27)17(14-23(27)32)3-2-4-25(33)31-24-15-19(29)10-12-30-24/h6,8,10,12-13,15,17,21-22,26H,2-5,7,9,11,14H2,1H3,(H,30,31,33)/t17-,21?,22?,26?,27-/m1/s1. The number of nitrogens with one attached hydrogen (secondary N) is 1. The van der Waals surface area contributed by atoms with Gasteiger partial charge in [0.05, 0.1) is 0 Å². The second kappa shape index (κ2) is 8.83. The van der Waals surface area contributed by atoms with Gasteiger partial charge in [0.25, 0.3) is 0 Å². The SMILES string of the molecule is C[C@]12CCC3c4ccc(Cl)cc4CCC3C1[C@H](CCCC(=O)Nc1cc(F)ccn1)CC2=O. The Balaban J connectivity index is 1.26. The van der Waals surface area contributed by atoms with E-state index in [4.69, 9.17) is 11.6 Å². The van der Waals surface area contributed by atoms with Crippen molar-refractivity contribution in [2.45, 2.75) is 64.2 Å². The average Bonchev–Trinajstić information content (AvgIpc) is 3.03. The summed E-state index contributed by atoms with van der Waals surface area (Å²) in [6.45, 7) is 2.19. The molecule has 3 unspecified atom stereocenters. The summed E-state index contributed by atoms with van der Waals surface area (Å²) in [6.07, 6.45) is 8.04. The number of pyridine rings is 1. The highest BCUT2D eigenvalue weighted by molar-refractivity contribution is 6.30. The Morgan fingerprint density at radius 3 is 2.94 bits per heavy atom. The lowest BCUT2D eigenvalue weighted by molar-refractivity contribution is -0.129. The van der Waals surface area contributed by atoms with Crippen LogP contribution in [0.15, 0.2) is 36.5 Å². The predicted molar refractivity (Wildman–Crippen MR) is 127 cm³/mol. The van der Waals surface area contributed by atoms with Gasteiger partial charge in [-0.3, -0.25) is 9.59 Å². The molecule has 1 amide bonds. The van der Waals surface area contributed by atoms with E-state index < -0.39 is 5.82 Å². The maximum atomic E-state index is 13.3. The fourth-order valence-electron chi connectivity index (χ4n) is 7.08. The van der Waals surface area contributed by atoms with Gasteiger partial charge in [-0.25, -0.2) is 9.37 Å². The Kier molecular flexibility index (Phi) is 6.02. The molecule has 0 aliphatic heterocycles. The zero-order chi connectivity index (χ0) is 23.2. The molecule has 1 heterocycles. The first kappa shape index (κ1) is 22.5. The Morgan fingerprint density at radius 2 is 2.12 bits per heavy atom. The van der Waals surface area contributed by atoms with E-state index in [9.17, 15) is 14.0 Å². The number of ketones is 1. The van der Waals surface area contributed by atoms with Gasteiger partial charge in [0.15, 0.2) is 0 Å². The van der Waals surface area contributed by atoms with E-state index in [0.717, 1.165) is 43.5 Å². The van der Waals surface area contributed by atoms with Crippen LogP contribution in [0.5, 0.6) is 0 Å². The molecule has 5 atom stereocenters. The van der Waals surface area contributed by atoms with Crippen LogP contribution < -0.4 is 5.32 Å². The van der Waals surface area contributed by atoms with Crippen LogP contribution in [0, 0.1) is 29.0 Å². The molecule has 2 fully saturated rings. The van der Waals surface area contributed by atoms with Gasteiger partial charge in [-0.05, 0) is 91.5 Å². The minimum Gasteiger partial charge on any atom is -0.311 e. The second-order valence-corrected chi connectivity index (χ2v) is 10.8. The summed E-state index contributed by atoms with van der Waals surface area (Å²) in [5, 5.41) is 3.47. The number of benzene rings is 1. The largest absolute Gasteiger partial charge is 0.311 e. The van der Waals surface area contributed by atoms with Crippen LogP contribution in [0.25, 0.3) is 0 Å². The molecule has 0 radical (unpaired) electrons. The number of Topliss-reactive ketones (excluding diaryl/α,β-unsaturated/α-hetero) is 1. The highest BCUT2D eigenvalue weighted by atomic mass is 35.5. The Hall–Kier alpha value is -2.27. The predicted octanol–water partition coefficient (Wildman–Crippen LogP) is 6.33. The quantitative estimate of drug-likeness (QED) is 0.557. The Morgan fingerprint density at radius 1 is 1.27 bits per heavy atom. The average molecular weight is 469 g/mol. The van der Waals surface area contributed by atoms with Crippen molar-refractivity contribution in [2.75, 3.05) is 5.32 Å². The molecule has 1 aromatic heterocycles. The number of amides is 1. The summed E-state index contributed by atoms with van der Waals surface area (Å²) in [4.78, 5) is 29.5. The third-order valence-electron chi connectivity index (χ3n) is 8.50. The molecule has 4 nitrogen and oxygen atoms in total. The van der Waals surface area contributed by atoms with E-state index in [-0.39, 0.29) is 17.1 Å². The minimum absolute atomic E-state index is 0.162. The van der Waals surface area contributed by atoms with Gasteiger partial charge in [-0.15, -0.1) is 0 Å². The van der Waals surface area contributed by atoms with Crippen LogP contribution in [-0.2, 0) is 16.0 Å². The molecular formula is C27H30ClFN2O2. The van der Waals surface area contributed by atoms with Crippen molar-refractivity contribution in [3.8, 4) is 0 Å². The van der Waals surface area contributed by atoms with Crippen LogP contribution in [0.1, 0.15) is 68.9 Å². The van der Waals surface area contributed by atoms with E-state index in [1.54, 1.807) is 0 Å². The van der Waals surface area contributed by atoms with E-state index >= 15 is 0 Å². The molecule has 1 aromatic carbocycles. The molecular weight excluding hydrogens is 439 g/mol. The summed E-state index contributed by atoms with van der Waals surface area (Å²) in [6, 6.07) is 8.78. The molecule has 2 saturated carbocycles. The van der Waals surface area contributed by atoms with Gasteiger partial charge < -0.3 is 5.32 Å². The van der Waals surface area contributed by atoms with Gasteiger partial charge >= 0.3 is 0 Å². The summed E-state index contributed by atoms with van der Waals surface area (Å²) in [5.74, 6) is 1.77. The molecule has 0 saturated heterocycles. The monoisotopic (exact) mass is 468 g/mol. The molecule has 3 aliphatic carbocycles.